The van der Waals surface area contributed by atoms with E-state index in [2.05, 4.69) is 5.16 Å². The summed E-state index contributed by atoms with van der Waals surface area (Å²) in [6, 6.07) is 15.5. The Morgan fingerprint density at radius 1 is 1.10 bits per heavy atom. The Morgan fingerprint density at radius 3 is 2.45 bits per heavy atom. The topological polar surface area (TPSA) is 84.9 Å². The van der Waals surface area contributed by atoms with Crippen LogP contribution in [0.4, 0.5) is 5.69 Å². The van der Waals surface area contributed by atoms with Crippen molar-refractivity contribution < 1.29 is 14.7 Å². The zero-order valence-electron chi connectivity index (χ0n) is 10.7. The Labute approximate surface area is 116 Å². The van der Waals surface area contributed by atoms with Crippen LogP contribution < -0.4 is 5.73 Å². The fourth-order valence-electron chi connectivity index (χ4n) is 1.68. The highest BCUT2D eigenvalue weighted by atomic mass is 16.5. The molecule has 0 heterocycles. The van der Waals surface area contributed by atoms with Gasteiger partial charge in [0.05, 0.1) is 5.56 Å². The summed E-state index contributed by atoms with van der Waals surface area (Å²) < 4.78 is 5.11. The van der Waals surface area contributed by atoms with Crippen molar-refractivity contribution in [2.24, 2.45) is 5.16 Å². The average molecular weight is 270 g/mol. The number of esters is 1. The largest absolute Gasteiger partial charge is 0.455 e. The van der Waals surface area contributed by atoms with Crippen LogP contribution in [0.25, 0.3) is 0 Å². The van der Waals surface area contributed by atoms with Crippen molar-refractivity contribution >= 4 is 17.4 Å². The zero-order valence-corrected chi connectivity index (χ0v) is 10.7. The number of oxime groups is 1. The van der Waals surface area contributed by atoms with Gasteiger partial charge in [0.1, 0.15) is 12.3 Å². The predicted octanol–water partition coefficient (Wildman–Crippen LogP) is 2.30. The van der Waals surface area contributed by atoms with Crippen molar-refractivity contribution in [2.75, 3.05) is 12.3 Å². The second-order valence-electron chi connectivity index (χ2n) is 4.11. The van der Waals surface area contributed by atoms with Crippen molar-refractivity contribution in [3.63, 3.8) is 0 Å². The van der Waals surface area contributed by atoms with Crippen LogP contribution in [0.3, 0.4) is 0 Å². The van der Waals surface area contributed by atoms with Gasteiger partial charge in [0.2, 0.25) is 0 Å². The second-order valence-corrected chi connectivity index (χ2v) is 4.11. The van der Waals surface area contributed by atoms with E-state index in [1.54, 1.807) is 42.5 Å². The highest BCUT2D eigenvalue weighted by Crippen LogP contribution is 2.09. The summed E-state index contributed by atoms with van der Waals surface area (Å²) >= 11 is 0. The number of benzene rings is 2. The monoisotopic (exact) mass is 270 g/mol. The number of rotatable bonds is 4. The summed E-state index contributed by atoms with van der Waals surface area (Å²) in [6.07, 6.45) is 0. The first-order chi connectivity index (χ1) is 9.70. The summed E-state index contributed by atoms with van der Waals surface area (Å²) in [5, 5.41) is 12.1. The van der Waals surface area contributed by atoms with Gasteiger partial charge in [-0.15, -0.1) is 0 Å². The predicted molar refractivity (Wildman–Crippen MR) is 75.9 cm³/mol. The molecule has 102 valence electrons. The Hall–Kier alpha value is -2.82. The van der Waals surface area contributed by atoms with Crippen LogP contribution in [0, 0.1) is 0 Å². The second kappa shape index (κ2) is 6.38. The summed E-state index contributed by atoms with van der Waals surface area (Å²) in [5.74, 6) is -0.519. The first-order valence-corrected chi connectivity index (χ1v) is 5.99. The van der Waals surface area contributed by atoms with Crippen molar-refractivity contribution in [2.45, 2.75) is 0 Å². The maximum Gasteiger partial charge on any atom is 0.338 e. The third kappa shape index (κ3) is 3.35. The molecule has 0 unspecified atom stereocenters. The Balaban J connectivity index is 2.03. The fraction of sp³-hybridized carbons (Fsp3) is 0.0667. The fourth-order valence-corrected chi connectivity index (χ4v) is 1.68. The van der Waals surface area contributed by atoms with E-state index in [0.29, 0.717) is 16.8 Å². The summed E-state index contributed by atoms with van der Waals surface area (Å²) in [4.78, 5) is 11.8. The van der Waals surface area contributed by atoms with Gasteiger partial charge in [-0.25, -0.2) is 4.79 Å². The number of carbonyl (C=O) groups is 1. The van der Waals surface area contributed by atoms with Crippen molar-refractivity contribution in [3.05, 3.63) is 65.7 Å². The maximum absolute atomic E-state index is 11.8. The summed E-state index contributed by atoms with van der Waals surface area (Å²) in [6.45, 7) is -0.117. The van der Waals surface area contributed by atoms with Gasteiger partial charge in [-0.1, -0.05) is 41.6 Å². The Morgan fingerprint density at radius 2 is 1.80 bits per heavy atom. The molecule has 0 aliphatic rings. The molecule has 0 spiro atoms. The van der Waals surface area contributed by atoms with E-state index >= 15 is 0 Å². The first kappa shape index (κ1) is 13.6. The molecule has 2 aromatic rings. The number of nitrogens with two attached hydrogens (primary N) is 1. The van der Waals surface area contributed by atoms with Crippen LogP contribution in [0.5, 0.6) is 0 Å². The van der Waals surface area contributed by atoms with E-state index in [1.165, 1.54) is 6.07 Å². The average Bonchev–Trinajstić information content (AvgIpc) is 2.49. The van der Waals surface area contributed by atoms with E-state index in [0.717, 1.165) is 0 Å². The van der Waals surface area contributed by atoms with Crippen LogP contribution in [-0.2, 0) is 4.74 Å². The molecule has 0 aliphatic carbocycles. The summed E-state index contributed by atoms with van der Waals surface area (Å²) in [5.41, 5.74) is 7.41. The highest BCUT2D eigenvalue weighted by molar-refractivity contribution is 6.02. The van der Waals surface area contributed by atoms with Crippen LogP contribution in [0.1, 0.15) is 15.9 Å². The normalized spacial score (nSPS) is 11.1. The Kier molecular flexibility index (Phi) is 4.34. The molecule has 20 heavy (non-hydrogen) atoms. The molecule has 0 atom stereocenters. The minimum Gasteiger partial charge on any atom is -0.455 e. The van der Waals surface area contributed by atoms with E-state index < -0.39 is 5.97 Å². The number of nitrogens with zero attached hydrogens (tertiary/aromatic N) is 1. The quantitative estimate of drug-likeness (QED) is 0.293. The third-order valence-corrected chi connectivity index (χ3v) is 2.69. The maximum atomic E-state index is 11.8. The SMILES string of the molecule is Nc1cccc(C(=O)OC/C(=N\O)c2ccccc2)c1. The molecule has 0 fully saturated rings. The zero-order chi connectivity index (χ0) is 14.4. The number of anilines is 1. The van der Waals surface area contributed by atoms with Gasteiger partial charge in [0.15, 0.2) is 0 Å². The molecule has 0 saturated heterocycles. The van der Waals surface area contributed by atoms with Crippen LogP contribution in [0.2, 0.25) is 0 Å². The molecular formula is C15H14N2O3. The number of ether oxygens (including phenoxy) is 1. The first-order valence-electron chi connectivity index (χ1n) is 5.99. The molecule has 0 saturated carbocycles. The third-order valence-electron chi connectivity index (χ3n) is 2.69. The van der Waals surface area contributed by atoms with Gasteiger partial charge in [0.25, 0.3) is 0 Å². The molecular weight excluding hydrogens is 256 g/mol. The number of hydrogen-bond acceptors (Lipinski definition) is 5. The van der Waals surface area contributed by atoms with Crippen LogP contribution in [-0.4, -0.2) is 23.5 Å². The number of nitrogen functional groups attached to an aromatic ring is 1. The lowest BCUT2D eigenvalue weighted by Gasteiger charge is -2.07. The van der Waals surface area contributed by atoms with E-state index in [4.69, 9.17) is 15.7 Å². The lowest BCUT2D eigenvalue weighted by molar-refractivity contribution is 0.0562. The molecule has 0 bridgehead atoms. The van der Waals surface area contributed by atoms with Crippen molar-refractivity contribution in [3.8, 4) is 0 Å². The summed E-state index contributed by atoms with van der Waals surface area (Å²) in [7, 11) is 0. The molecule has 5 heteroatoms. The van der Waals surface area contributed by atoms with Gasteiger partial charge < -0.3 is 15.7 Å². The molecule has 0 amide bonds. The van der Waals surface area contributed by atoms with E-state index in [9.17, 15) is 4.79 Å². The smallest absolute Gasteiger partial charge is 0.338 e. The Bertz CT molecular complexity index is 624. The minimum atomic E-state index is -0.519. The molecule has 2 rings (SSSR count). The van der Waals surface area contributed by atoms with Crippen molar-refractivity contribution in [1.29, 1.82) is 0 Å². The van der Waals surface area contributed by atoms with Gasteiger partial charge in [-0.2, -0.15) is 0 Å². The number of carbonyl (C=O) groups excluding carboxylic acids is 1. The molecule has 5 nitrogen and oxygen atoms in total. The standard InChI is InChI=1S/C15H14N2O3/c16-13-8-4-7-12(9-13)15(18)20-10-14(17-19)11-5-2-1-3-6-11/h1-9,19H,10,16H2/b17-14+. The van der Waals surface area contributed by atoms with E-state index in [1.807, 2.05) is 6.07 Å². The van der Waals surface area contributed by atoms with Gasteiger partial charge in [-0.3, -0.25) is 0 Å². The van der Waals surface area contributed by atoms with E-state index in [-0.39, 0.29) is 12.3 Å². The minimum absolute atomic E-state index is 0.117. The number of hydrogen-bond donors (Lipinski definition) is 2. The lowest BCUT2D eigenvalue weighted by atomic mass is 10.1. The molecule has 2 aromatic carbocycles. The highest BCUT2D eigenvalue weighted by Gasteiger charge is 2.11. The molecule has 0 aliphatic heterocycles. The van der Waals surface area contributed by atoms with Crippen LogP contribution >= 0.6 is 0 Å². The van der Waals surface area contributed by atoms with Crippen LogP contribution in [0.15, 0.2) is 59.8 Å². The van der Waals surface area contributed by atoms with Gasteiger partial charge >= 0.3 is 5.97 Å². The lowest BCUT2D eigenvalue weighted by Crippen LogP contribution is -2.15. The van der Waals surface area contributed by atoms with Gasteiger partial charge in [-0.05, 0) is 18.2 Å². The van der Waals surface area contributed by atoms with Crippen molar-refractivity contribution in [1.82, 2.24) is 0 Å². The molecule has 0 radical (unpaired) electrons. The van der Waals surface area contributed by atoms with Gasteiger partial charge in [0, 0.05) is 11.3 Å². The molecule has 0 aromatic heterocycles. The molecule has 3 N–H and O–H groups in total.